The van der Waals surface area contributed by atoms with Crippen molar-refractivity contribution in [2.75, 3.05) is 13.1 Å². The Kier molecular flexibility index (Phi) is 5.54. The molecule has 0 aliphatic carbocycles. The van der Waals surface area contributed by atoms with Crippen LogP contribution < -0.4 is 0 Å². The number of phenolic OH excluding ortho intramolecular Hbond substituents is 1. The Morgan fingerprint density at radius 2 is 1.88 bits per heavy atom. The summed E-state index contributed by atoms with van der Waals surface area (Å²) in [5.74, 6) is 0.282. The minimum absolute atomic E-state index is 0.104. The Hall–Kier alpha value is -1.84. The van der Waals surface area contributed by atoms with Crippen LogP contribution in [-0.2, 0) is 12.8 Å². The standard InChI is InChI=1S/C21H27NO2/c1-16-21(24)20-11-10-19(23)15-18(20)12-14-22(16)13-6-5-9-17-7-3-2-4-8-17/h2-4,7-8,10-11,15-16,21,23-24H,5-6,9,12-14H2,1H3/t16-,21+/m1/s1. The second-order valence-corrected chi connectivity index (χ2v) is 6.80. The minimum Gasteiger partial charge on any atom is -0.508 e. The van der Waals surface area contributed by atoms with E-state index in [9.17, 15) is 10.2 Å². The van der Waals surface area contributed by atoms with Crippen LogP contribution >= 0.6 is 0 Å². The highest BCUT2D eigenvalue weighted by molar-refractivity contribution is 5.37. The summed E-state index contributed by atoms with van der Waals surface area (Å²) in [5, 5.41) is 20.4. The number of benzene rings is 2. The van der Waals surface area contributed by atoms with E-state index in [1.54, 1.807) is 12.1 Å². The van der Waals surface area contributed by atoms with E-state index in [-0.39, 0.29) is 11.8 Å². The zero-order valence-electron chi connectivity index (χ0n) is 14.4. The van der Waals surface area contributed by atoms with Crippen LogP contribution in [0.4, 0.5) is 0 Å². The molecular formula is C21H27NO2. The predicted molar refractivity (Wildman–Crippen MR) is 97.2 cm³/mol. The van der Waals surface area contributed by atoms with E-state index >= 15 is 0 Å². The van der Waals surface area contributed by atoms with Crippen molar-refractivity contribution in [3.8, 4) is 5.75 Å². The molecule has 0 saturated heterocycles. The fraction of sp³-hybridized carbons (Fsp3) is 0.429. The highest BCUT2D eigenvalue weighted by atomic mass is 16.3. The zero-order valence-corrected chi connectivity index (χ0v) is 14.4. The number of rotatable bonds is 5. The molecule has 2 aromatic carbocycles. The van der Waals surface area contributed by atoms with Crippen LogP contribution in [0.5, 0.6) is 5.75 Å². The summed E-state index contributed by atoms with van der Waals surface area (Å²) in [6, 6.07) is 16.0. The lowest BCUT2D eigenvalue weighted by Crippen LogP contribution is -2.37. The summed E-state index contributed by atoms with van der Waals surface area (Å²) in [4.78, 5) is 2.38. The summed E-state index contributed by atoms with van der Waals surface area (Å²) < 4.78 is 0. The first kappa shape index (κ1) is 17.0. The monoisotopic (exact) mass is 325 g/mol. The first-order valence-corrected chi connectivity index (χ1v) is 8.93. The second-order valence-electron chi connectivity index (χ2n) is 6.80. The van der Waals surface area contributed by atoms with Crippen LogP contribution in [0.25, 0.3) is 0 Å². The number of unbranched alkanes of at least 4 members (excludes halogenated alkanes) is 1. The van der Waals surface area contributed by atoms with Crippen molar-refractivity contribution >= 4 is 0 Å². The molecule has 3 rings (SSSR count). The first-order chi connectivity index (χ1) is 11.6. The van der Waals surface area contributed by atoms with Gasteiger partial charge in [-0.2, -0.15) is 0 Å². The number of aryl methyl sites for hydroxylation is 1. The largest absolute Gasteiger partial charge is 0.508 e. The van der Waals surface area contributed by atoms with E-state index in [1.807, 2.05) is 6.07 Å². The highest BCUT2D eigenvalue weighted by Crippen LogP contribution is 2.30. The van der Waals surface area contributed by atoms with Gasteiger partial charge in [0.25, 0.3) is 0 Å². The quantitative estimate of drug-likeness (QED) is 0.824. The van der Waals surface area contributed by atoms with Gasteiger partial charge in [-0.1, -0.05) is 36.4 Å². The van der Waals surface area contributed by atoms with Gasteiger partial charge >= 0.3 is 0 Å². The number of aromatic hydroxyl groups is 1. The van der Waals surface area contributed by atoms with Gasteiger partial charge in [0, 0.05) is 12.6 Å². The number of hydrogen-bond acceptors (Lipinski definition) is 3. The smallest absolute Gasteiger partial charge is 0.115 e. The summed E-state index contributed by atoms with van der Waals surface area (Å²) in [7, 11) is 0. The van der Waals surface area contributed by atoms with Crippen LogP contribution in [0.2, 0.25) is 0 Å². The van der Waals surface area contributed by atoms with Crippen molar-refractivity contribution in [3.05, 3.63) is 65.2 Å². The molecule has 0 fully saturated rings. The molecule has 2 N–H and O–H groups in total. The molecule has 0 radical (unpaired) electrons. The Morgan fingerprint density at radius 3 is 2.67 bits per heavy atom. The van der Waals surface area contributed by atoms with Gasteiger partial charge in [0.05, 0.1) is 6.10 Å². The van der Waals surface area contributed by atoms with Crippen LogP contribution in [0, 0.1) is 0 Å². The molecule has 128 valence electrons. The Balaban J connectivity index is 1.55. The van der Waals surface area contributed by atoms with Crippen molar-refractivity contribution in [2.45, 2.75) is 44.8 Å². The lowest BCUT2D eigenvalue weighted by Gasteiger charge is -2.30. The first-order valence-electron chi connectivity index (χ1n) is 8.93. The summed E-state index contributed by atoms with van der Waals surface area (Å²) in [5.41, 5.74) is 3.43. The molecule has 0 saturated carbocycles. The van der Waals surface area contributed by atoms with Gasteiger partial charge in [0.15, 0.2) is 0 Å². The summed E-state index contributed by atoms with van der Waals surface area (Å²) in [6.45, 7) is 4.04. The molecule has 0 unspecified atom stereocenters. The minimum atomic E-state index is -0.489. The molecule has 24 heavy (non-hydrogen) atoms. The van der Waals surface area contributed by atoms with Crippen LogP contribution in [0.15, 0.2) is 48.5 Å². The van der Waals surface area contributed by atoms with E-state index < -0.39 is 6.10 Å². The van der Waals surface area contributed by atoms with Gasteiger partial charge in [-0.05, 0) is 68.0 Å². The Morgan fingerprint density at radius 1 is 1.08 bits per heavy atom. The topological polar surface area (TPSA) is 43.7 Å². The Bertz CT molecular complexity index is 656. The van der Waals surface area contributed by atoms with E-state index in [1.165, 1.54) is 5.56 Å². The van der Waals surface area contributed by atoms with Gasteiger partial charge in [-0.25, -0.2) is 0 Å². The van der Waals surface area contributed by atoms with Crippen LogP contribution in [0.3, 0.4) is 0 Å². The van der Waals surface area contributed by atoms with Crippen molar-refractivity contribution < 1.29 is 10.2 Å². The second kappa shape index (κ2) is 7.82. The van der Waals surface area contributed by atoms with E-state index in [0.717, 1.165) is 49.9 Å². The number of fused-ring (bicyclic) bond motifs is 1. The molecule has 1 heterocycles. The average molecular weight is 325 g/mol. The maximum absolute atomic E-state index is 10.7. The molecule has 0 spiro atoms. The molecule has 1 aliphatic rings. The molecule has 1 aliphatic heterocycles. The van der Waals surface area contributed by atoms with Crippen molar-refractivity contribution in [1.82, 2.24) is 4.90 Å². The molecule has 0 amide bonds. The maximum Gasteiger partial charge on any atom is 0.115 e. The van der Waals surface area contributed by atoms with Crippen molar-refractivity contribution in [2.24, 2.45) is 0 Å². The van der Waals surface area contributed by atoms with Crippen molar-refractivity contribution in [1.29, 1.82) is 0 Å². The third-order valence-corrected chi connectivity index (χ3v) is 5.15. The van der Waals surface area contributed by atoms with E-state index in [0.29, 0.717) is 0 Å². The van der Waals surface area contributed by atoms with Gasteiger partial charge in [0.1, 0.15) is 5.75 Å². The fourth-order valence-corrected chi connectivity index (χ4v) is 3.63. The van der Waals surface area contributed by atoms with Crippen LogP contribution in [-0.4, -0.2) is 34.2 Å². The van der Waals surface area contributed by atoms with Gasteiger partial charge < -0.3 is 10.2 Å². The number of aliphatic hydroxyl groups is 1. The molecule has 2 atom stereocenters. The number of hydrogen-bond donors (Lipinski definition) is 2. The fourth-order valence-electron chi connectivity index (χ4n) is 3.63. The Labute approximate surface area is 144 Å². The third-order valence-electron chi connectivity index (χ3n) is 5.15. The lowest BCUT2D eigenvalue weighted by atomic mass is 9.98. The molecular weight excluding hydrogens is 298 g/mol. The lowest BCUT2D eigenvalue weighted by molar-refractivity contribution is 0.0635. The average Bonchev–Trinajstić information content (AvgIpc) is 2.71. The SMILES string of the molecule is C[C@@H]1[C@H](O)c2ccc(O)cc2CCN1CCCCc1ccccc1. The normalized spacial score (nSPS) is 21.2. The molecule has 0 bridgehead atoms. The van der Waals surface area contributed by atoms with E-state index in [4.69, 9.17) is 0 Å². The summed E-state index contributed by atoms with van der Waals surface area (Å²) >= 11 is 0. The van der Waals surface area contributed by atoms with Gasteiger partial charge in [-0.15, -0.1) is 0 Å². The number of aliphatic hydroxyl groups excluding tert-OH is 1. The van der Waals surface area contributed by atoms with E-state index in [2.05, 4.69) is 42.2 Å². The zero-order chi connectivity index (χ0) is 16.9. The van der Waals surface area contributed by atoms with Crippen molar-refractivity contribution in [3.63, 3.8) is 0 Å². The third kappa shape index (κ3) is 3.97. The highest BCUT2D eigenvalue weighted by Gasteiger charge is 2.28. The predicted octanol–water partition coefficient (Wildman–Crippen LogP) is 3.70. The molecule has 3 nitrogen and oxygen atoms in total. The maximum atomic E-state index is 10.7. The van der Waals surface area contributed by atoms with Gasteiger partial charge in [0.2, 0.25) is 0 Å². The number of phenols is 1. The number of nitrogens with zero attached hydrogens (tertiary/aromatic N) is 1. The summed E-state index contributed by atoms with van der Waals surface area (Å²) in [6.07, 6.45) is 3.80. The van der Waals surface area contributed by atoms with Gasteiger partial charge in [-0.3, -0.25) is 4.90 Å². The molecule has 2 aromatic rings. The molecule has 0 aromatic heterocycles. The van der Waals surface area contributed by atoms with Crippen LogP contribution in [0.1, 0.15) is 42.6 Å². The molecule has 3 heteroatoms.